The number of fused-ring (bicyclic) bond motifs is 1. The summed E-state index contributed by atoms with van der Waals surface area (Å²) in [5.41, 5.74) is -0.442. The van der Waals surface area contributed by atoms with Gasteiger partial charge in [0.25, 0.3) is 15.9 Å². The number of carbonyl (C=O) groups excluding carboxylic acids is 4. The molecule has 0 spiro atoms. The minimum Gasteiger partial charge on any atom is -0.497 e. The van der Waals surface area contributed by atoms with Crippen molar-refractivity contribution in [2.24, 2.45) is 11.3 Å². The van der Waals surface area contributed by atoms with Crippen LogP contribution in [0, 0.1) is 11.3 Å². The third kappa shape index (κ3) is 10.5. The molecule has 67 heavy (non-hydrogen) atoms. The number of sulfonamides is 1. The Kier molecular flexibility index (Phi) is 13.9. The van der Waals surface area contributed by atoms with Crippen LogP contribution in [0.15, 0.2) is 133 Å². The van der Waals surface area contributed by atoms with Gasteiger partial charge in [0.1, 0.15) is 40.6 Å². The summed E-state index contributed by atoms with van der Waals surface area (Å²) < 4.78 is 40.9. The molecule has 2 aliphatic rings. The molecule has 0 bridgehead atoms. The first kappa shape index (κ1) is 48.0. The first-order valence-electron chi connectivity index (χ1n) is 21.4. The first-order chi connectivity index (χ1) is 31.8. The van der Waals surface area contributed by atoms with Gasteiger partial charge in [0.15, 0.2) is 0 Å². The van der Waals surface area contributed by atoms with Crippen LogP contribution in [0.4, 0.5) is 4.79 Å². The van der Waals surface area contributed by atoms with E-state index < -0.39 is 86.2 Å². The third-order valence-electron chi connectivity index (χ3n) is 12.0. The third-order valence-corrected chi connectivity index (χ3v) is 13.8. The molecule has 1 saturated heterocycles. The number of benzene rings is 4. The fraction of sp³-hybridized carbons (Fsp3) is 0.306. The van der Waals surface area contributed by atoms with Gasteiger partial charge in [-0.3, -0.25) is 19.2 Å². The monoisotopic (exact) mass is 950 g/mol. The molecule has 5 amide bonds. The van der Waals surface area contributed by atoms with Crippen LogP contribution in [0.2, 0.25) is 0 Å². The van der Waals surface area contributed by atoms with Crippen molar-refractivity contribution in [1.82, 2.24) is 30.6 Å². The van der Waals surface area contributed by atoms with Crippen LogP contribution in [-0.2, 0) is 29.2 Å². The number of rotatable bonds is 16. The highest BCUT2D eigenvalue weighted by atomic mass is 35.5. The molecule has 1 aliphatic carbocycles. The van der Waals surface area contributed by atoms with Gasteiger partial charge in [-0.1, -0.05) is 106 Å². The highest BCUT2D eigenvalue weighted by Crippen LogP contribution is 2.45. The van der Waals surface area contributed by atoms with E-state index in [1.165, 1.54) is 37.5 Å². The van der Waals surface area contributed by atoms with Crippen molar-refractivity contribution in [3.8, 4) is 22.8 Å². The number of halogens is 1. The predicted molar refractivity (Wildman–Crippen MR) is 251 cm³/mol. The van der Waals surface area contributed by atoms with Crippen molar-refractivity contribution >= 4 is 62.2 Å². The summed E-state index contributed by atoms with van der Waals surface area (Å²) in [6, 6.07) is 27.7. The summed E-state index contributed by atoms with van der Waals surface area (Å²) >= 11 is 6.63. The fourth-order valence-electron chi connectivity index (χ4n) is 8.32. The van der Waals surface area contributed by atoms with Gasteiger partial charge in [0, 0.05) is 35.4 Å². The molecule has 16 nitrogen and oxygen atoms in total. The van der Waals surface area contributed by atoms with Gasteiger partial charge in [0.05, 0.1) is 35.8 Å². The Morgan fingerprint density at radius 3 is 2.16 bits per heavy atom. The molecular formula is C49H51ClN6O10S. The molecule has 7 rings (SSSR count). The molecule has 1 saturated carbocycles. The Morgan fingerprint density at radius 1 is 0.925 bits per heavy atom. The molecule has 4 aromatic carbocycles. The maximum atomic E-state index is 15.2. The minimum atomic E-state index is -4.37. The van der Waals surface area contributed by atoms with Crippen LogP contribution in [0.5, 0.6) is 11.5 Å². The lowest BCUT2D eigenvalue weighted by molar-refractivity contribution is -0.142. The molecule has 1 aliphatic heterocycles. The average molecular weight is 951 g/mol. The van der Waals surface area contributed by atoms with Crippen LogP contribution in [0.3, 0.4) is 0 Å². The van der Waals surface area contributed by atoms with E-state index in [0.717, 1.165) is 10.5 Å². The summed E-state index contributed by atoms with van der Waals surface area (Å²) in [5.74, 6) is -3.25. The largest absolute Gasteiger partial charge is 0.497 e. The van der Waals surface area contributed by atoms with Gasteiger partial charge in [-0.2, -0.15) is 0 Å². The van der Waals surface area contributed by atoms with Crippen LogP contribution < -0.4 is 30.1 Å². The number of carbonyl (C=O) groups is 5. The number of hydrogen-bond donors (Lipinski definition) is 5. The van der Waals surface area contributed by atoms with Crippen molar-refractivity contribution < 1.29 is 47.0 Å². The van der Waals surface area contributed by atoms with Crippen LogP contribution in [-0.4, -0.2) is 96.6 Å². The van der Waals surface area contributed by atoms with E-state index in [0.29, 0.717) is 33.7 Å². The van der Waals surface area contributed by atoms with Crippen molar-refractivity contribution in [1.29, 1.82) is 0 Å². The Morgan fingerprint density at radius 2 is 1.57 bits per heavy atom. The summed E-state index contributed by atoms with van der Waals surface area (Å²) in [6.07, 6.45) is -1.26. The maximum Gasteiger partial charge on any atom is 0.405 e. The molecule has 1 aromatic heterocycles. The van der Waals surface area contributed by atoms with E-state index in [4.69, 9.17) is 26.1 Å². The molecule has 5 N–H and O–H groups in total. The van der Waals surface area contributed by atoms with Gasteiger partial charge in [-0.05, 0) is 41.7 Å². The lowest BCUT2D eigenvalue weighted by Gasteiger charge is -2.39. The molecular weight excluding hydrogens is 900 g/mol. The lowest BCUT2D eigenvalue weighted by atomic mass is 9.81. The van der Waals surface area contributed by atoms with Crippen LogP contribution >= 0.6 is 11.6 Å². The highest BCUT2D eigenvalue weighted by molar-refractivity contribution is 7.90. The number of methoxy groups -OCH3 is 1. The number of aromatic nitrogens is 1. The molecule has 2 unspecified atom stereocenters. The fourth-order valence-corrected chi connectivity index (χ4v) is 9.59. The molecule has 18 heteroatoms. The lowest BCUT2D eigenvalue weighted by Crippen LogP contribution is -2.65. The second-order valence-corrected chi connectivity index (χ2v) is 19.7. The number of nitrogens with zero attached hydrogens (tertiary/aromatic N) is 2. The van der Waals surface area contributed by atoms with Crippen molar-refractivity contribution in [2.45, 2.75) is 73.7 Å². The van der Waals surface area contributed by atoms with Gasteiger partial charge in [-0.25, -0.2) is 22.9 Å². The van der Waals surface area contributed by atoms with E-state index in [1.807, 2.05) is 30.3 Å². The average Bonchev–Trinajstić information content (AvgIpc) is 3.88. The van der Waals surface area contributed by atoms with Crippen molar-refractivity contribution in [2.75, 3.05) is 13.7 Å². The van der Waals surface area contributed by atoms with Gasteiger partial charge >= 0.3 is 6.09 Å². The molecule has 2 heterocycles. The van der Waals surface area contributed by atoms with E-state index in [9.17, 15) is 32.7 Å². The standard InChI is InChI=1S/C49H51ClN6O10S/c1-6-31-27-49(31,46(60)55-67(63,64)34-20-14-9-15-21-34)54-43(57)38-25-33(66-39-26-36(29-16-10-7-11-17-29)51-37-24-32(65-5)22-23-35(37)39)28-56(38)45(59)41(52-47(61)62)42(48(2,3)4)53-44(58)40(50)30-18-12-8-13-19-30/h6-24,26,31,33,38,40-42,52H,1,25,27-28H2,2-5H3,(H,53,58)(H,54,57)(H,55,60)(H,61,62)/t31-,33-,38+,40?,41?,42+,49-/m1/s1. The second-order valence-electron chi connectivity index (χ2n) is 17.5. The van der Waals surface area contributed by atoms with Crippen LogP contribution in [0.1, 0.15) is 44.6 Å². The number of ether oxygens (including phenoxy) is 2. The summed E-state index contributed by atoms with van der Waals surface area (Å²) in [4.78, 5) is 76.1. The predicted octanol–water partition coefficient (Wildman–Crippen LogP) is 5.97. The number of hydrogen-bond acceptors (Lipinski definition) is 10. The topological polar surface area (TPSA) is 222 Å². The quantitative estimate of drug-likeness (QED) is 0.0573. The molecule has 350 valence electrons. The summed E-state index contributed by atoms with van der Waals surface area (Å²) in [6.45, 7) is 8.63. The summed E-state index contributed by atoms with van der Waals surface area (Å²) in [5, 5.41) is 17.4. The second kappa shape index (κ2) is 19.5. The summed E-state index contributed by atoms with van der Waals surface area (Å²) in [7, 11) is -2.84. The van der Waals surface area contributed by atoms with Gasteiger partial charge in [-0.15, -0.1) is 18.2 Å². The number of carboxylic acid groups (broad SMARTS) is 1. The molecule has 7 atom stereocenters. The molecule has 0 radical (unpaired) electrons. The molecule has 5 aromatic rings. The maximum absolute atomic E-state index is 15.2. The van der Waals surface area contributed by atoms with Gasteiger partial charge < -0.3 is 35.4 Å². The van der Waals surface area contributed by atoms with E-state index in [2.05, 4.69) is 27.3 Å². The van der Waals surface area contributed by atoms with E-state index in [-0.39, 0.29) is 24.3 Å². The van der Waals surface area contributed by atoms with Crippen LogP contribution in [0.25, 0.3) is 22.2 Å². The Labute approximate surface area is 393 Å². The zero-order valence-electron chi connectivity index (χ0n) is 37.1. The minimum absolute atomic E-state index is 0.00393. The van der Waals surface area contributed by atoms with Gasteiger partial charge in [0.2, 0.25) is 17.7 Å². The smallest absolute Gasteiger partial charge is 0.405 e. The zero-order valence-corrected chi connectivity index (χ0v) is 38.7. The Bertz CT molecular complexity index is 2800. The normalized spacial score (nSPS) is 20.4. The van der Waals surface area contributed by atoms with Crippen molar-refractivity contribution in [3.05, 3.63) is 133 Å². The Hall–Kier alpha value is -6.98. The Balaban J connectivity index is 1.26. The molecule has 2 fully saturated rings. The number of nitrogens with one attached hydrogen (secondary N) is 4. The van der Waals surface area contributed by atoms with E-state index in [1.54, 1.807) is 81.4 Å². The van der Waals surface area contributed by atoms with Crippen molar-refractivity contribution in [3.63, 3.8) is 0 Å². The number of alkyl halides is 1. The zero-order chi connectivity index (χ0) is 48.3. The first-order valence-corrected chi connectivity index (χ1v) is 23.3. The number of amides is 5. The number of likely N-dealkylation sites (tertiary alicyclic amines) is 1. The SMILES string of the molecule is C=C[C@@H]1C[C@]1(NC(=O)[C@@H]1C[C@@H](Oc2cc(-c3ccccc3)nc3cc(OC)ccc23)CN1C(=O)C(NC(=O)O)[C@H](NC(=O)C(Cl)c1ccccc1)C(C)(C)C)C(=O)NS(=O)(=O)c1ccccc1. The van der Waals surface area contributed by atoms with E-state index >= 15 is 4.79 Å². The number of pyridine rings is 1. The highest BCUT2D eigenvalue weighted by Gasteiger charge is 2.61.